The van der Waals surface area contributed by atoms with Crippen molar-refractivity contribution in [2.24, 2.45) is 5.73 Å². The lowest BCUT2D eigenvalue weighted by Crippen LogP contribution is -2.36. The standard InChI is InChI=1S/C12H18N2O4S/c1-3-10(13)8-14-19(16,17)11-6-4-9(5-7-11)12(15)18-2/h4-7,10,14H,3,8,13H2,1-2H3. The Morgan fingerprint density at radius 2 is 1.95 bits per heavy atom. The fourth-order valence-electron chi connectivity index (χ4n) is 1.33. The van der Waals surface area contributed by atoms with Crippen LogP contribution in [0.4, 0.5) is 0 Å². The summed E-state index contributed by atoms with van der Waals surface area (Å²) in [4.78, 5) is 11.3. The molecule has 0 fully saturated rings. The van der Waals surface area contributed by atoms with Crippen molar-refractivity contribution in [3.8, 4) is 0 Å². The predicted molar refractivity (Wildman–Crippen MR) is 71.2 cm³/mol. The number of carbonyl (C=O) groups excluding carboxylic acids is 1. The van der Waals surface area contributed by atoms with Crippen LogP contribution in [0.1, 0.15) is 23.7 Å². The zero-order valence-corrected chi connectivity index (χ0v) is 11.7. The first-order chi connectivity index (χ1) is 8.90. The minimum atomic E-state index is -3.60. The molecule has 0 spiro atoms. The number of rotatable bonds is 6. The van der Waals surface area contributed by atoms with E-state index in [0.29, 0.717) is 12.0 Å². The molecule has 7 heteroatoms. The summed E-state index contributed by atoms with van der Waals surface area (Å²) >= 11 is 0. The Kier molecular flexibility index (Phi) is 5.46. The molecule has 1 rings (SSSR count). The molecule has 1 aromatic rings. The number of benzene rings is 1. The van der Waals surface area contributed by atoms with Gasteiger partial charge in [-0.15, -0.1) is 0 Å². The third-order valence-corrected chi connectivity index (χ3v) is 4.09. The summed E-state index contributed by atoms with van der Waals surface area (Å²) in [5.74, 6) is -0.509. The fourth-order valence-corrected chi connectivity index (χ4v) is 2.43. The van der Waals surface area contributed by atoms with E-state index in [2.05, 4.69) is 9.46 Å². The third kappa shape index (κ3) is 4.30. The van der Waals surface area contributed by atoms with Crippen LogP contribution in [0, 0.1) is 0 Å². The van der Waals surface area contributed by atoms with Gasteiger partial charge in [0.05, 0.1) is 17.6 Å². The monoisotopic (exact) mass is 286 g/mol. The van der Waals surface area contributed by atoms with Gasteiger partial charge < -0.3 is 10.5 Å². The van der Waals surface area contributed by atoms with Crippen molar-refractivity contribution >= 4 is 16.0 Å². The number of methoxy groups -OCH3 is 1. The van der Waals surface area contributed by atoms with E-state index in [4.69, 9.17) is 5.73 Å². The molecule has 0 aliphatic carbocycles. The van der Waals surface area contributed by atoms with E-state index in [9.17, 15) is 13.2 Å². The van der Waals surface area contributed by atoms with Crippen LogP contribution in [-0.4, -0.2) is 34.1 Å². The van der Waals surface area contributed by atoms with E-state index >= 15 is 0 Å². The summed E-state index contributed by atoms with van der Waals surface area (Å²) < 4.78 is 30.8. The molecule has 0 amide bonds. The number of nitrogens with two attached hydrogens (primary N) is 1. The smallest absolute Gasteiger partial charge is 0.337 e. The Labute approximate surface area is 113 Å². The second kappa shape index (κ2) is 6.65. The first kappa shape index (κ1) is 15.6. The SMILES string of the molecule is CCC(N)CNS(=O)(=O)c1ccc(C(=O)OC)cc1. The minimum Gasteiger partial charge on any atom is -0.465 e. The van der Waals surface area contributed by atoms with Crippen LogP contribution in [0.5, 0.6) is 0 Å². The highest BCUT2D eigenvalue weighted by molar-refractivity contribution is 7.89. The summed E-state index contributed by atoms with van der Waals surface area (Å²) in [6.07, 6.45) is 0.684. The molecule has 0 saturated heterocycles. The van der Waals surface area contributed by atoms with E-state index in [1.807, 2.05) is 6.92 Å². The van der Waals surface area contributed by atoms with Crippen molar-refractivity contribution < 1.29 is 17.9 Å². The maximum absolute atomic E-state index is 11.9. The van der Waals surface area contributed by atoms with Gasteiger partial charge in [-0.05, 0) is 30.7 Å². The Morgan fingerprint density at radius 1 is 1.37 bits per heavy atom. The Hall–Kier alpha value is -1.44. The van der Waals surface area contributed by atoms with Gasteiger partial charge in [0, 0.05) is 12.6 Å². The van der Waals surface area contributed by atoms with E-state index in [1.54, 1.807) is 0 Å². The molecule has 0 aromatic heterocycles. The molecular formula is C12H18N2O4S. The quantitative estimate of drug-likeness (QED) is 0.741. The number of hydrogen-bond acceptors (Lipinski definition) is 5. The van der Waals surface area contributed by atoms with Crippen LogP contribution in [0.2, 0.25) is 0 Å². The molecular weight excluding hydrogens is 268 g/mol. The van der Waals surface area contributed by atoms with E-state index < -0.39 is 16.0 Å². The largest absolute Gasteiger partial charge is 0.465 e. The lowest BCUT2D eigenvalue weighted by atomic mass is 10.2. The molecule has 0 aliphatic heterocycles. The number of ether oxygens (including phenoxy) is 1. The van der Waals surface area contributed by atoms with Crippen LogP contribution in [0.15, 0.2) is 29.2 Å². The molecule has 19 heavy (non-hydrogen) atoms. The van der Waals surface area contributed by atoms with Crippen molar-refractivity contribution in [1.29, 1.82) is 0 Å². The molecule has 1 unspecified atom stereocenters. The van der Waals surface area contributed by atoms with Gasteiger partial charge in [-0.2, -0.15) is 0 Å². The molecule has 0 bridgehead atoms. The summed E-state index contributed by atoms with van der Waals surface area (Å²) in [6.45, 7) is 2.06. The molecule has 1 atom stereocenters. The van der Waals surface area contributed by atoms with Crippen LogP contribution < -0.4 is 10.5 Å². The average molecular weight is 286 g/mol. The maximum atomic E-state index is 11.9. The second-order valence-corrected chi connectivity index (χ2v) is 5.80. The van der Waals surface area contributed by atoms with Crippen molar-refractivity contribution in [1.82, 2.24) is 4.72 Å². The molecule has 0 radical (unpaired) electrons. The lowest BCUT2D eigenvalue weighted by molar-refractivity contribution is 0.0600. The van der Waals surface area contributed by atoms with Gasteiger partial charge in [-0.1, -0.05) is 6.92 Å². The second-order valence-electron chi connectivity index (χ2n) is 4.04. The number of hydrogen-bond donors (Lipinski definition) is 2. The Balaban J connectivity index is 2.82. The first-order valence-corrected chi connectivity index (χ1v) is 7.32. The van der Waals surface area contributed by atoms with Crippen LogP contribution in [-0.2, 0) is 14.8 Å². The van der Waals surface area contributed by atoms with Gasteiger partial charge in [0.15, 0.2) is 0 Å². The van der Waals surface area contributed by atoms with E-state index in [0.717, 1.165) is 0 Å². The number of sulfonamides is 1. The molecule has 3 N–H and O–H groups in total. The third-order valence-electron chi connectivity index (χ3n) is 2.65. The lowest BCUT2D eigenvalue weighted by Gasteiger charge is -2.11. The zero-order valence-electron chi connectivity index (χ0n) is 10.9. The van der Waals surface area contributed by atoms with Gasteiger partial charge >= 0.3 is 5.97 Å². The molecule has 6 nitrogen and oxygen atoms in total. The number of carbonyl (C=O) groups is 1. The normalized spacial score (nSPS) is 13.0. The average Bonchev–Trinajstić information content (AvgIpc) is 2.44. The number of esters is 1. The highest BCUT2D eigenvalue weighted by atomic mass is 32.2. The van der Waals surface area contributed by atoms with Crippen LogP contribution in [0.3, 0.4) is 0 Å². The minimum absolute atomic E-state index is 0.0865. The van der Waals surface area contributed by atoms with Gasteiger partial charge in [-0.25, -0.2) is 17.9 Å². The Bertz CT molecular complexity index is 525. The topological polar surface area (TPSA) is 98.5 Å². The molecule has 0 aliphatic rings. The summed E-state index contributed by atoms with van der Waals surface area (Å²) in [6, 6.07) is 5.29. The van der Waals surface area contributed by atoms with E-state index in [-0.39, 0.29) is 17.5 Å². The van der Waals surface area contributed by atoms with Crippen molar-refractivity contribution in [2.45, 2.75) is 24.3 Å². The molecule has 0 heterocycles. The summed E-state index contributed by atoms with van der Waals surface area (Å²) in [5, 5.41) is 0. The number of nitrogens with one attached hydrogen (secondary N) is 1. The van der Waals surface area contributed by atoms with Crippen molar-refractivity contribution in [3.63, 3.8) is 0 Å². The molecule has 106 valence electrons. The molecule has 0 saturated carbocycles. The van der Waals surface area contributed by atoms with E-state index in [1.165, 1.54) is 31.4 Å². The summed E-state index contributed by atoms with van der Waals surface area (Å²) in [7, 11) is -2.33. The van der Waals surface area contributed by atoms with Crippen LogP contribution in [0.25, 0.3) is 0 Å². The summed E-state index contributed by atoms with van der Waals surface area (Å²) in [5.41, 5.74) is 5.95. The Morgan fingerprint density at radius 3 is 2.42 bits per heavy atom. The van der Waals surface area contributed by atoms with Gasteiger partial charge in [0.2, 0.25) is 10.0 Å². The zero-order chi connectivity index (χ0) is 14.5. The highest BCUT2D eigenvalue weighted by Crippen LogP contribution is 2.11. The van der Waals surface area contributed by atoms with Gasteiger partial charge in [0.1, 0.15) is 0 Å². The molecule has 1 aromatic carbocycles. The van der Waals surface area contributed by atoms with Crippen LogP contribution >= 0.6 is 0 Å². The first-order valence-electron chi connectivity index (χ1n) is 5.84. The van der Waals surface area contributed by atoms with Gasteiger partial charge in [-0.3, -0.25) is 0 Å². The maximum Gasteiger partial charge on any atom is 0.337 e. The van der Waals surface area contributed by atoms with Crippen molar-refractivity contribution in [2.75, 3.05) is 13.7 Å². The highest BCUT2D eigenvalue weighted by Gasteiger charge is 2.15. The fraction of sp³-hybridized carbons (Fsp3) is 0.417. The van der Waals surface area contributed by atoms with Crippen molar-refractivity contribution in [3.05, 3.63) is 29.8 Å². The van der Waals surface area contributed by atoms with Gasteiger partial charge in [0.25, 0.3) is 0 Å². The predicted octanol–water partition coefficient (Wildman–Crippen LogP) is 0.489.